The number of unbranched alkanes of at least 4 members (excludes halogenated alkanes) is 3. The van der Waals surface area contributed by atoms with Crippen LogP contribution in [0.5, 0.6) is 0 Å². The summed E-state index contributed by atoms with van der Waals surface area (Å²) in [7, 11) is 0. The maximum absolute atomic E-state index is 12.1. The van der Waals surface area contributed by atoms with E-state index in [0.717, 1.165) is 37.0 Å². The second-order valence-electron chi connectivity index (χ2n) is 5.76. The van der Waals surface area contributed by atoms with Crippen LogP contribution in [0.1, 0.15) is 43.1 Å². The SMILES string of the molecule is CC=COC(=O)SCCCCCCNC(=O)c1cc(-c2cccnc2)n[nH]1. The van der Waals surface area contributed by atoms with Crippen LogP contribution in [-0.4, -0.2) is 38.7 Å². The van der Waals surface area contributed by atoms with Gasteiger partial charge in [-0.2, -0.15) is 5.10 Å². The second kappa shape index (κ2) is 11.9. The van der Waals surface area contributed by atoms with E-state index in [2.05, 4.69) is 20.5 Å². The summed E-state index contributed by atoms with van der Waals surface area (Å²) in [6.45, 7) is 2.40. The van der Waals surface area contributed by atoms with Crippen molar-refractivity contribution in [2.45, 2.75) is 32.6 Å². The first kappa shape index (κ1) is 20.7. The molecule has 2 aromatic heterocycles. The molecule has 7 nitrogen and oxygen atoms in total. The molecule has 2 heterocycles. The van der Waals surface area contributed by atoms with E-state index in [4.69, 9.17) is 4.74 Å². The highest BCUT2D eigenvalue weighted by molar-refractivity contribution is 8.13. The molecule has 2 aromatic rings. The number of nitrogens with one attached hydrogen (secondary N) is 2. The van der Waals surface area contributed by atoms with Crippen molar-refractivity contribution in [3.05, 3.63) is 48.6 Å². The molecule has 0 aliphatic rings. The summed E-state index contributed by atoms with van der Waals surface area (Å²) in [4.78, 5) is 27.4. The number of aromatic amines is 1. The molecule has 0 aliphatic heterocycles. The minimum Gasteiger partial charge on any atom is -0.427 e. The van der Waals surface area contributed by atoms with Gasteiger partial charge in [-0.3, -0.25) is 14.9 Å². The molecule has 27 heavy (non-hydrogen) atoms. The van der Waals surface area contributed by atoms with Gasteiger partial charge in [0.25, 0.3) is 5.91 Å². The van der Waals surface area contributed by atoms with Crippen molar-refractivity contribution in [1.82, 2.24) is 20.5 Å². The number of aromatic nitrogens is 3. The smallest absolute Gasteiger partial charge is 0.372 e. The number of thioether (sulfide) groups is 1. The molecule has 0 bridgehead atoms. The molecule has 0 aliphatic carbocycles. The highest BCUT2D eigenvalue weighted by Gasteiger charge is 2.10. The maximum Gasteiger partial charge on any atom is 0.372 e. The minimum atomic E-state index is -0.273. The number of carbonyl (C=O) groups excluding carboxylic acids is 2. The predicted octanol–water partition coefficient (Wildman–Crippen LogP) is 4.17. The Morgan fingerprint density at radius 1 is 1.30 bits per heavy atom. The lowest BCUT2D eigenvalue weighted by Crippen LogP contribution is -2.24. The summed E-state index contributed by atoms with van der Waals surface area (Å²) < 4.78 is 4.82. The van der Waals surface area contributed by atoms with Crippen LogP contribution in [0, 0.1) is 0 Å². The second-order valence-corrected chi connectivity index (χ2v) is 6.79. The van der Waals surface area contributed by atoms with Crippen LogP contribution in [-0.2, 0) is 4.74 Å². The maximum atomic E-state index is 12.1. The van der Waals surface area contributed by atoms with Crippen LogP contribution in [0.15, 0.2) is 42.9 Å². The molecule has 0 atom stereocenters. The standard InChI is InChI=1S/C19H24N4O3S/c1-2-11-26-19(25)27-12-6-4-3-5-10-21-18(24)17-13-16(22-23-17)15-8-7-9-20-14-15/h2,7-9,11,13-14H,3-6,10,12H2,1H3,(H,21,24)(H,22,23). The Morgan fingerprint density at radius 2 is 2.15 bits per heavy atom. The Hall–Kier alpha value is -2.61. The van der Waals surface area contributed by atoms with Gasteiger partial charge in [-0.05, 0) is 49.7 Å². The van der Waals surface area contributed by atoms with E-state index in [9.17, 15) is 9.59 Å². The third-order valence-corrected chi connectivity index (χ3v) is 4.48. The number of H-pyrrole nitrogens is 1. The molecule has 0 aromatic carbocycles. The summed E-state index contributed by atoms with van der Waals surface area (Å²) in [6, 6.07) is 5.44. The highest BCUT2D eigenvalue weighted by Crippen LogP contribution is 2.15. The summed E-state index contributed by atoms with van der Waals surface area (Å²) in [6.07, 6.45) is 10.3. The van der Waals surface area contributed by atoms with Crippen molar-refractivity contribution >= 4 is 23.0 Å². The van der Waals surface area contributed by atoms with Gasteiger partial charge in [-0.15, -0.1) is 0 Å². The van der Waals surface area contributed by atoms with Gasteiger partial charge in [0.05, 0.1) is 12.0 Å². The molecule has 2 rings (SSSR count). The van der Waals surface area contributed by atoms with Crippen LogP contribution < -0.4 is 5.32 Å². The van der Waals surface area contributed by atoms with Crippen molar-refractivity contribution in [2.75, 3.05) is 12.3 Å². The van der Waals surface area contributed by atoms with Crippen LogP contribution in [0.2, 0.25) is 0 Å². The van der Waals surface area contributed by atoms with Crippen LogP contribution >= 0.6 is 11.8 Å². The average Bonchev–Trinajstić information content (AvgIpc) is 3.19. The predicted molar refractivity (Wildman–Crippen MR) is 106 cm³/mol. The summed E-state index contributed by atoms with van der Waals surface area (Å²) >= 11 is 1.19. The Morgan fingerprint density at radius 3 is 2.93 bits per heavy atom. The Balaban J connectivity index is 1.56. The molecule has 144 valence electrons. The molecular weight excluding hydrogens is 364 g/mol. The lowest BCUT2D eigenvalue weighted by atomic mass is 10.2. The lowest BCUT2D eigenvalue weighted by Gasteiger charge is -2.03. The van der Waals surface area contributed by atoms with E-state index in [-0.39, 0.29) is 11.2 Å². The van der Waals surface area contributed by atoms with Crippen molar-refractivity contribution in [3.63, 3.8) is 0 Å². The fourth-order valence-electron chi connectivity index (χ4n) is 2.29. The monoisotopic (exact) mass is 388 g/mol. The van der Waals surface area contributed by atoms with E-state index >= 15 is 0 Å². The van der Waals surface area contributed by atoms with Crippen molar-refractivity contribution in [1.29, 1.82) is 0 Å². The number of allylic oxidation sites excluding steroid dienone is 1. The molecule has 2 N–H and O–H groups in total. The van der Waals surface area contributed by atoms with Gasteiger partial charge in [-0.1, -0.05) is 18.9 Å². The molecular formula is C19H24N4O3S. The number of ether oxygens (including phenoxy) is 1. The van der Waals surface area contributed by atoms with E-state index in [1.807, 2.05) is 12.1 Å². The molecule has 0 unspecified atom stereocenters. The highest BCUT2D eigenvalue weighted by atomic mass is 32.2. The lowest BCUT2D eigenvalue weighted by molar-refractivity contribution is 0.0948. The minimum absolute atomic E-state index is 0.167. The fourth-order valence-corrected chi connectivity index (χ4v) is 2.93. The van der Waals surface area contributed by atoms with Crippen LogP contribution in [0.3, 0.4) is 0 Å². The average molecular weight is 388 g/mol. The first-order valence-electron chi connectivity index (χ1n) is 8.89. The third kappa shape index (κ3) is 7.65. The zero-order valence-corrected chi connectivity index (χ0v) is 16.1. The Kier molecular flexibility index (Phi) is 9.12. The largest absolute Gasteiger partial charge is 0.427 e. The number of nitrogens with zero attached hydrogens (tertiary/aromatic N) is 2. The van der Waals surface area contributed by atoms with Gasteiger partial charge in [0, 0.05) is 30.3 Å². The number of pyridine rings is 1. The summed E-state index contributed by atoms with van der Waals surface area (Å²) in [5, 5.41) is 9.52. The van der Waals surface area contributed by atoms with E-state index in [0.29, 0.717) is 17.9 Å². The number of amides is 1. The summed E-state index contributed by atoms with van der Waals surface area (Å²) in [5.74, 6) is 0.577. The van der Waals surface area contributed by atoms with Crippen molar-refractivity contribution in [2.24, 2.45) is 0 Å². The van der Waals surface area contributed by atoms with Gasteiger partial charge < -0.3 is 10.1 Å². The fraction of sp³-hybridized carbons (Fsp3) is 0.368. The number of hydrogen-bond donors (Lipinski definition) is 2. The zero-order valence-electron chi connectivity index (χ0n) is 15.3. The van der Waals surface area contributed by atoms with Gasteiger partial charge in [0.2, 0.25) is 0 Å². The Labute approximate surface area is 163 Å². The molecule has 0 saturated heterocycles. The van der Waals surface area contributed by atoms with Gasteiger partial charge in [0.1, 0.15) is 5.69 Å². The van der Waals surface area contributed by atoms with E-state index in [1.165, 1.54) is 18.0 Å². The quantitative estimate of drug-likeness (QED) is 0.360. The molecule has 0 spiro atoms. The first-order valence-corrected chi connectivity index (χ1v) is 9.88. The number of carbonyl (C=O) groups is 2. The number of rotatable bonds is 10. The molecule has 0 radical (unpaired) electrons. The van der Waals surface area contributed by atoms with E-state index < -0.39 is 0 Å². The normalized spacial score (nSPS) is 10.9. The molecule has 1 amide bonds. The molecule has 0 fully saturated rings. The zero-order chi connectivity index (χ0) is 19.3. The third-order valence-electron chi connectivity index (χ3n) is 3.66. The van der Waals surface area contributed by atoms with Crippen molar-refractivity contribution in [3.8, 4) is 11.3 Å². The van der Waals surface area contributed by atoms with Gasteiger partial charge in [0.15, 0.2) is 0 Å². The van der Waals surface area contributed by atoms with Gasteiger partial charge >= 0.3 is 5.30 Å². The number of hydrogen-bond acceptors (Lipinski definition) is 6. The van der Waals surface area contributed by atoms with E-state index in [1.54, 1.807) is 31.5 Å². The summed E-state index contributed by atoms with van der Waals surface area (Å²) in [5.41, 5.74) is 1.99. The van der Waals surface area contributed by atoms with Gasteiger partial charge in [-0.25, -0.2) is 4.79 Å². The van der Waals surface area contributed by atoms with Crippen LogP contribution in [0.25, 0.3) is 11.3 Å². The molecule has 0 saturated carbocycles. The molecule has 8 heteroatoms. The topological polar surface area (TPSA) is 97.0 Å². The van der Waals surface area contributed by atoms with Crippen LogP contribution in [0.4, 0.5) is 4.79 Å². The van der Waals surface area contributed by atoms with Crippen molar-refractivity contribution < 1.29 is 14.3 Å². The first-order chi connectivity index (χ1) is 13.2. The Bertz CT molecular complexity index is 746.